The highest BCUT2D eigenvalue weighted by Crippen LogP contribution is 2.32. The Morgan fingerprint density at radius 3 is 2.61 bits per heavy atom. The number of amides is 3. The average Bonchev–Trinajstić information content (AvgIpc) is 3.01. The second-order valence-electron chi connectivity index (χ2n) is 7.53. The van der Waals surface area contributed by atoms with Crippen LogP contribution in [0.4, 0.5) is 4.79 Å². The number of hydrogen-bond donors (Lipinski definition) is 2. The number of halogens is 2. The molecule has 4 rings (SSSR count). The van der Waals surface area contributed by atoms with Gasteiger partial charge in [0.1, 0.15) is 5.69 Å². The Balaban J connectivity index is 1.62. The Hall–Kier alpha value is -2.25. The Morgan fingerprint density at radius 2 is 1.96 bits per heavy atom. The van der Waals surface area contributed by atoms with E-state index in [4.69, 9.17) is 28.9 Å². The highest BCUT2D eigenvalue weighted by Gasteiger charge is 2.32. The number of aromatic nitrogens is 2. The quantitative estimate of drug-likeness (QED) is 0.795. The number of primary amides is 1. The molecule has 1 aromatic carbocycles. The molecule has 0 radical (unpaired) electrons. The van der Waals surface area contributed by atoms with Gasteiger partial charge in [-0.05, 0) is 30.9 Å². The zero-order valence-corrected chi connectivity index (χ0v) is 16.9. The molecule has 7 nitrogen and oxygen atoms in total. The number of nitrogens with zero attached hydrogens (tertiary/aromatic N) is 3. The molecule has 2 aliphatic rings. The van der Waals surface area contributed by atoms with Gasteiger partial charge in [0, 0.05) is 18.2 Å². The number of urea groups is 1. The maximum atomic E-state index is 12.6. The highest BCUT2D eigenvalue weighted by molar-refractivity contribution is 6.42. The van der Waals surface area contributed by atoms with E-state index in [1.165, 1.54) is 0 Å². The van der Waals surface area contributed by atoms with E-state index in [1.54, 1.807) is 27.8 Å². The predicted octanol–water partition coefficient (Wildman–Crippen LogP) is 3.28. The van der Waals surface area contributed by atoms with Crippen LogP contribution in [0.15, 0.2) is 18.2 Å². The summed E-state index contributed by atoms with van der Waals surface area (Å²) in [5.41, 5.74) is 7.73. The van der Waals surface area contributed by atoms with Crippen LogP contribution in [0.1, 0.15) is 35.8 Å². The smallest absolute Gasteiger partial charge is 0.318 e. The lowest BCUT2D eigenvalue weighted by Gasteiger charge is -2.36. The summed E-state index contributed by atoms with van der Waals surface area (Å²) >= 11 is 12.1. The van der Waals surface area contributed by atoms with Crippen molar-refractivity contribution in [1.82, 2.24) is 20.0 Å². The number of benzene rings is 1. The molecule has 0 spiro atoms. The molecule has 1 aromatic heterocycles. The highest BCUT2D eigenvalue weighted by atomic mass is 35.5. The number of nitrogens with two attached hydrogens (primary N) is 1. The summed E-state index contributed by atoms with van der Waals surface area (Å²) in [5, 5.41) is 8.41. The number of carbonyl (C=O) groups is 2. The Morgan fingerprint density at radius 1 is 1.21 bits per heavy atom. The standard InChI is InChI=1S/C19H21Cl2N5O2/c1-10-6-12(7-10)23-19(28)25-4-5-26-15(9-25)16(18(22)27)17(24-26)11-2-3-13(20)14(21)8-11/h2-3,8,10,12H,4-7,9H2,1H3,(H2,22,27)(H,23,28). The second kappa shape index (κ2) is 7.29. The van der Waals surface area contributed by atoms with Crippen LogP contribution in [-0.4, -0.2) is 39.2 Å². The van der Waals surface area contributed by atoms with Crippen molar-refractivity contribution >= 4 is 35.1 Å². The fraction of sp³-hybridized carbons (Fsp3) is 0.421. The molecule has 1 saturated carbocycles. The Bertz CT molecular complexity index is 952. The minimum atomic E-state index is -0.586. The molecule has 2 aromatic rings. The van der Waals surface area contributed by atoms with Gasteiger partial charge in [-0.15, -0.1) is 0 Å². The van der Waals surface area contributed by atoms with Gasteiger partial charge < -0.3 is 16.0 Å². The van der Waals surface area contributed by atoms with Crippen molar-refractivity contribution in [3.05, 3.63) is 39.5 Å². The van der Waals surface area contributed by atoms with Crippen molar-refractivity contribution in [3.63, 3.8) is 0 Å². The number of carbonyl (C=O) groups excluding carboxylic acids is 2. The summed E-state index contributed by atoms with van der Waals surface area (Å²) in [6.45, 7) is 3.46. The molecular formula is C19H21Cl2N5O2. The van der Waals surface area contributed by atoms with Crippen LogP contribution in [-0.2, 0) is 13.1 Å². The molecule has 0 saturated heterocycles. The van der Waals surface area contributed by atoms with E-state index < -0.39 is 5.91 Å². The van der Waals surface area contributed by atoms with Gasteiger partial charge in [0.15, 0.2) is 0 Å². The number of rotatable bonds is 3. The molecule has 1 aliphatic heterocycles. The van der Waals surface area contributed by atoms with Gasteiger partial charge in [-0.1, -0.05) is 36.2 Å². The average molecular weight is 422 g/mol. The van der Waals surface area contributed by atoms with E-state index in [0.717, 1.165) is 12.8 Å². The molecule has 148 valence electrons. The molecule has 9 heteroatoms. The third-order valence-electron chi connectivity index (χ3n) is 5.41. The molecular weight excluding hydrogens is 401 g/mol. The summed E-state index contributed by atoms with van der Waals surface area (Å²) in [4.78, 5) is 26.5. The molecule has 3 N–H and O–H groups in total. The lowest BCUT2D eigenvalue weighted by molar-refractivity contribution is 0.0997. The summed E-state index contributed by atoms with van der Waals surface area (Å²) in [5.74, 6) is 0.0701. The lowest BCUT2D eigenvalue weighted by Crippen LogP contribution is -2.51. The van der Waals surface area contributed by atoms with Crippen LogP contribution in [0.2, 0.25) is 10.0 Å². The second-order valence-corrected chi connectivity index (χ2v) is 8.35. The zero-order chi connectivity index (χ0) is 20.0. The first-order valence-corrected chi connectivity index (χ1v) is 9.99. The molecule has 0 bridgehead atoms. The van der Waals surface area contributed by atoms with E-state index in [1.807, 2.05) is 0 Å². The van der Waals surface area contributed by atoms with Gasteiger partial charge in [-0.3, -0.25) is 9.48 Å². The number of hydrogen-bond acceptors (Lipinski definition) is 3. The minimum Gasteiger partial charge on any atom is -0.365 e. The monoisotopic (exact) mass is 421 g/mol. The fourth-order valence-electron chi connectivity index (χ4n) is 3.88. The summed E-state index contributed by atoms with van der Waals surface area (Å²) < 4.78 is 1.74. The van der Waals surface area contributed by atoms with Gasteiger partial charge in [0.2, 0.25) is 0 Å². The Labute approximate surface area is 172 Å². The van der Waals surface area contributed by atoms with E-state index >= 15 is 0 Å². The summed E-state index contributed by atoms with van der Waals surface area (Å²) in [6, 6.07) is 5.18. The third-order valence-corrected chi connectivity index (χ3v) is 6.15. The predicted molar refractivity (Wildman–Crippen MR) is 107 cm³/mol. The molecule has 3 amide bonds. The molecule has 1 aliphatic carbocycles. The van der Waals surface area contributed by atoms with Crippen LogP contribution < -0.4 is 11.1 Å². The number of fused-ring (bicyclic) bond motifs is 1. The first-order chi connectivity index (χ1) is 13.3. The van der Waals surface area contributed by atoms with E-state index in [2.05, 4.69) is 17.3 Å². The van der Waals surface area contributed by atoms with Crippen molar-refractivity contribution in [2.24, 2.45) is 11.7 Å². The topological polar surface area (TPSA) is 93.2 Å². The van der Waals surface area contributed by atoms with Crippen LogP contribution in [0.3, 0.4) is 0 Å². The van der Waals surface area contributed by atoms with Crippen molar-refractivity contribution in [3.8, 4) is 11.3 Å². The molecule has 1 fully saturated rings. The lowest BCUT2D eigenvalue weighted by atomic mass is 9.82. The largest absolute Gasteiger partial charge is 0.365 e. The minimum absolute atomic E-state index is 0.115. The molecule has 0 atom stereocenters. The summed E-state index contributed by atoms with van der Waals surface area (Å²) in [7, 11) is 0. The zero-order valence-electron chi connectivity index (χ0n) is 15.4. The van der Waals surface area contributed by atoms with Crippen molar-refractivity contribution in [2.45, 2.75) is 38.9 Å². The van der Waals surface area contributed by atoms with E-state index in [9.17, 15) is 9.59 Å². The SMILES string of the molecule is CC1CC(NC(=O)N2CCn3nc(-c4ccc(Cl)c(Cl)c4)c(C(N)=O)c3C2)C1. The first-order valence-electron chi connectivity index (χ1n) is 9.23. The van der Waals surface area contributed by atoms with Gasteiger partial charge in [0.05, 0.1) is 34.4 Å². The molecule has 0 unspecified atom stereocenters. The van der Waals surface area contributed by atoms with Crippen LogP contribution >= 0.6 is 23.2 Å². The summed E-state index contributed by atoms with van der Waals surface area (Å²) in [6.07, 6.45) is 2.01. The third kappa shape index (κ3) is 3.44. The van der Waals surface area contributed by atoms with Gasteiger partial charge in [-0.25, -0.2) is 4.79 Å². The van der Waals surface area contributed by atoms with Gasteiger partial charge in [-0.2, -0.15) is 5.10 Å². The first kappa shape index (κ1) is 19.1. The maximum Gasteiger partial charge on any atom is 0.318 e. The van der Waals surface area contributed by atoms with Crippen LogP contribution in [0.25, 0.3) is 11.3 Å². The van der Waals surface area contributed by atoms with Crippen molar-refractivity contribution in [2.75, 3.05) is 6.54 Å². The normalized spacial score (nSPS) is 21.0. The van der Waals surface area contributed by atoms with Gasteiger partial charge >= 0.3 is 6.03 Å². The van der Waals surface area contributed by atoms with Crippen molar-refractivity contribution in [1.29, 1.82) is 0 Å². The van der Waals surface area contributed by atoms with Crippen molar-refractivity contribution < 1.29 is 9.59 Å². The molecule has 2 heterocycles. The number of nitrogens with one attached hydrogen (secondary N) is 1. The van der Waals surface area contributed by atoms with Crippen LogP contribution in [0, 0.1) is 5.92 Å². The van der Waals surface area contributed by atoms with E-state index in [0.29, 0.717) is 51.6 Å². The maximum absolute atomic E-state index is 12.6. The fourth-order valence-corrected chi connectivity index (χ4v) is 4.18. The molecule has 28 heavy (non-hydrogen) atoms. The van der Waals surface area contributed by atoms with E-state index in [-0.39, 0.29) is 18.6 Å². The van der Waals surface area contributed by atoms with Gasteiger partial charge in [0.25, 0.3) is 5.91 Å². The Kier molecular flexibility index (Phi) is 4.97. The van der Waals surface area contributed by atoms with Crippen LogP contribution in [0.5, 0.6) is 0 Å².